The standard InChI is InChI=1S/C21H25FN6O/c1-3-23-21(24-13-16(2)29-19-12-8-7-11-18(19)22)25-14-20-27-26-15-28(20)17-9-5-4-6-10-17/h4-12,15-16H,3,13-14H2,1-2H3,(H2,23,24,25). The van der Waals surface area contributed by atoms with Gasteiger partial charge in [0, 0.05) is 12.2 Å². The van der Waals surface area contributed by atoms with Crippen molar-refractivity contribution in [3.05, 3.63) is 72.6 Å². The van der Waals surface area contributed by atoms with E-state index in [4.69, 9.17) is 4.74 Å². The molecule has 0 spiro atoms. The third-order valence-corrected chi connectivity index (χ3v) is 4.10. The number of halogens is 1. The smallest absolute Gasteiger partial charge is 0.191 e. The zero-order valence-corrected chi connectivity index (χ0v) is 16.5. The number of guanidine groups is 1. The molecule has 0 aliphatic carbocycles. The first-order valence-electron chi connectivity index (χ1n) is 9.55. The van der Waals surface area contributed by atoms with Crippen molar-refractivity contribution in [1.82, 2.24) is 25.4 Å². The molecule has 0 saturated carbocycles. The van der Waals surface area contributed by atoms with Gasteiger partial charge in [-0.2, -0.15) is 0 Å². The van der Waals surface area contributed by atoms with Gasteiger partial charge < -0.3 is 15.4 Å². The molecule has 8 heteroatoms. The molecule has 0 bridgehead atoms. The van der Waals surface area contributed by atoms with Gasteiger partial charge in [-0.15, -0.1) is 10.2 Å². The monoisotopic (exact) mass is 396 g/mol. The third kappa shape index (κ3) is 5.78. The van der Waals surface area contributed by atoms with Crippen molar-refractivity contribution in [2.24, 2.45) is 4.99 Å². The predicted molar refractivity (Wildman–Crippen MR) is 111 cm³/mol. The average molecular weight is 396 g/mol. The maximum atomic E-state index is 13.7. The van der Waals surface area contributed by atoms with Gasteiger partial charge in [-0.3, -0.25) is 4.57 Å². The fraction of sp³-hybridized carbons (Fsp3) is 0.286. The fourth-order valence-electron chi connectivity index (χ4n) is 2.70. The van der Waals surface area contributed by atoms with Gasteiger partial charge in [0.15, 0.2) is 23.4 Å². The van der Waals surface area contributed by atoms with Crippen LogP contribution in [-0.4, -0.2) is 39.9 Å². The normalized spacial score (nSPS) is 12.4. The molecule has 3 aromatic rings. The number of hydrogen-bond acceptors (Lipinski definition) is 4. The summed E-state index contributed by atoms with van der Waals surface area (Å²) in [4.78, 5) is 4.58. The first kappa shape index (κ1) is 20.3. The molecule has 0 fully saturated rings. The molecule has 2 N–H and O–H groups in total. The summed E-state index contributed by atoms with van der Waals surface area (Å²) in [5.74, 6) is 1.21. The summed E-state index contributed by atoms with van der Waals surface area (Å²) >= 11 is 0. The Morgan fingerprint density at radius 2 is 1.90 bits per heavy atom. The second-order valence-electron chi connectivity index (χ2n) is 6.39. The van der Waals surface area contributed by atoms with Crippen LogP contribution in [0.25, 0.3) is 5.69 Å². The van der Waals surface area contributed by atoms with E-state index in [0.29, 0.717) is 25.6 Å². The summed E-state index contributed by atoms with van der Waals surface area (Å²) in [7, 11) is 0. The lowest BCUT2D eigenvalue weighted by molar-refractivity contribution is 0.214. The summed E-state index contributed by atoms with van der Waals surface area (Å²) in [6.07, 6.45) is 1.42. The molecule has 1 atom stereocenters. The highest BCUT2D eigenvalue weighted by Gasteiger charge is 2.10. The van der Waals surface area contributed by atoms with Crippen LogP contribution in [-0.2, 0) is 6.54 Å². The second-order valence-corrected chi connectivity index (χ2v) is 6.39. The molecule has 7 nitrogen and oxygen atoms in total. The van der Waals surface area contributed by atoms with E-state index in [0.717, 1.165) is 11.5 Å². The maximum absolute atomic E-state index is 13.7. The molecule has 1 heterocycles. The summed E-state index contributed by atoms with van der Waals surface area (Å²) < 4.78 is 21.3. The lowest BCUT2D eigenvalue weighted by atomic mass is 10.3. The molecular formula is C21H25FN6O. The Kier molecular flexibility index (Phi) is 7.16. The van der Waals surface area contributed by atoms with E-state index >= 15 is 0 Å². The van der Waals surface area contributed by atoms with Gasteiger partial charge in [-0.25, -0.2) is 9.38 Å². The first-order valence-corrected chi connectivity index (χ1v) is 9.55. The summed E-state index contributed by atoms with van der Waals surface area (Å²) in [5, 5.41) is 14.6. The Bertz CT molecular complexity index is 928. The number of nitrogens with zero attached hydrogens (tertiary/aromatic N) is 4. The highest BCUT2D eigenvalue weighted by Crippen LogP contribution is 2.16. The Balaban J connectivity index is 1.61. The molecule has 1 unspecified atom stereocenters. The molecule has 29 heavy (non-hydrogen) atoms. The SMILES string of the molecule is CCNC(=NCc1nncn1-c1ccccc1)NCC(C)Oc1ccccc1F. The van der Waals surface area contributed by atoms with Crippen LogP contribution < -0.4 is 15.4 Å². The van der Waals surface area contributed by atoms with Gasteiger partial charge in [0.1, 0.15) is 19.0 Å². The Morgan fingerprint density at radius 1 is 1.14 bits per heavy atom. The van der Waals surface area contributed by atoms with Crippen molar-refractivity contribution in [2.45, 2.75) is 26.5 Å². The van der Waals surface area contributed by atoms with Gasteiger partial charge in [0.2, 0.25) is 0 Å². The van der Waals surface area contributed by atoms with Gasteiger partial charge >= 0.3 is 0 Å². The maximum Gasteiger partial charge on any atom is 0.191 e. The molecule has 0 radical (unpaired) electrons. The van der Waals surface area contributed by atoms with Crippen LogP contribution in [0.3, 0.4) is 0 Å². The molecule has 0 aliphatic rings. The average Bonchev–Trinajstić information content (AvgIpc) is 3.21. The number of aliphatic imine (C=N–C) groups is 1. The number of hydrogen-bond donors (Lipinski definition) is 2. The highest BCUT2D eigenvalue weighted by molar-refractivity contribution is 5.79. The van der Waals surface area contributed by atoms with Crippen LogP contribution in [0.5, 0.6) is 5.75 Å². The number of para-hydroxylation sites is 2. The van der Waals surface area contributed by atoms with E-state index < -0.39 is 0 Å². The fourth-order valence-corrected chi connectivity index (χ4v) is 2.70. The topological polar surface area (TPSA) is 76.4 Å². The van der Waals surface area contributed by atoms with E-state index in [1.165, 1.54) is 6.07 Å². The van der Waals surface area contributed by atoms with Crippen LogP contribution in [0.4, 0.5) is 4.39 Å². The van der Waals surface area contributed by atoms with Crippen molar-refractivity contribution in [3.63, 3.8) is 0 Å². The lowest BCUT2D eigenvalue weighted by Gasteiger charge is -2.18. The minimum absolute atomic E-state index is 0.236. The van der Waals surface area contributed by atoms with E-state index in [1.54, 1.807) is 24.5 Å². The van der Waals surface area contributed by atoms with Crippen LogP contribution in [0, 0.1) is 5.82 Å². The van der Waals surface area contributed by atoms with Crippen LogP contribution >= 0.6 is 0 Å². The number of nitrogens with one attached hydrogen (secondary N) is 2. The number of ether oxygens (including phenoxy) is 1. The number of benzene rings is 2. The third-order valence-electron chi connectivity index (χ3n) is 4.10. The van der Waals surface area contributed by atoms with E-state index in [9.17, 15) is 4.39 Å². The molecule has 2 aromatic carbocycles. The molecule has 152 valence electrons. The molecule has 0 aliphatic heterocycles. The lowest BCUT2D eigenvalue weighted by Crippen LogP contribution is -2.41. The first-order chi connectivity index (χ1) is 14.2. The number of aromatic nitrogens is 3. The summed E-state index contributed by atoms with van der Waals surface area (Å²) in [5.41, 5.74) is 0.979. The van der Waals surface area contributed by atoms with Gasteiger partial charge in [0.05, 0.1) is 6.54 Å². The van der Waals surface area contributed by atoms with Crippen molar-refractivity contribution in [1.29, 1.82) is 0 Å². The van der Waals surface area contributed by atoms with Crippen molar-refractivity contribution in [2.75, 3.05) is 13.1 Å². The Labute approximate surface area is 169 Å². The van der Waals surface area contributed by atoms with E-state index in [1.807, 2.05) is 48.7 Å². The quantitative estimate of drug-likeness (QED) is 0.452. The Morgan fingerprint density at radius 3 is 2.66 bits per heavy atom. The largest absolute Gasteiger partial charge is 0.486 e. The van der Waals surface area contributed by atoms with Crippen LogP contribution in [0.1, 0.15) is 19.7 Å². The predicted octanol–water partition coefficient (Wildman–Crippen LogP) is 2.93. The Hall–Kier alpha value is -3.42. The molecule has 3 rings (SSSR count). The second kappa shape index (κ2) is 10.2. The van der Waals surface area contributed by atoms with Gasteiger partial charge in [-0.05, 0) is 38.1 Å². The zero-order chi connectivity index (χ0) is 20.5. The van der Waals surface area contributed by atoms with Gasteiger partial charge in [-0.1, -0.05) is 30.3 Å². The molecule has 1 aromatic heterocycles. The van der Waals surface area contributed by atoms with E-state index in [-0.39, 0.29) is 17.7 Å². The zero-order valence-electron chi connectivity index (χ0n) is 16.5. The summed E-state index contributed by atoms with van der Waals surface area (Å²) in [6.45, 7) is 5.38. The van der Waals surface area contributed by atoms with Crippen molar-refractivity contribution >= 4 is 5.96 Å². The number of rotatable bonds is 8. The van der Waals surface area contributed by atoms with Crippen LogP contribution in [0.2, 0.25) is 0 Å². The molecular weight excluding hydrogens is 371 g/mol. The highest BCUT2D eigenvalue weighted by atomic mass is 19.1. The van der Waals surface area contributed by atoms with Gasteiger partial charge in [0.25, 0.3) is 0 Å². The molecule has 0 amide bonds. The van der Waals surface area contributed by atoms with Crippen molar-refractivity contribution < 1.29 is 9.13 Å². The summed E-state index contributed by atoms with van der Waals surface area (Å²) in [6, 6.07) is 16.2. The minimum Gasteiger partial charge on any atom is -0.486 e. The van der Waals surface area contributed by atoms with E-state index in [2.05, 4.69) is 25.8 Å². The minimum atomic E-state index is -0.375. The van der Waals surface area contributed by atoms with Crippen molar-refractivity contribution in [3.8, 4) is 11.4 Å². The molecule has 0 saturated heterocycles. The van der Waals surface area contributed by atoms with Crippen LogP contribution in [0.15, 0.2) is 65.9 Å².